The number of hydrogen-bond donors (Lipinski definition) is 1. The van der Waals surface area contributed by atoms with E-state index in [0.717, 1.165) is 0 Å². The minimum absolute atomic E-state index is 0.153. The Morgan fingerprint density at radius 3 is 2.36 bits per heavy atom. The Kier molecular flexibility index (Phi) is 4.29. The predicted octanol–water partition coefficient (Wildman–Crippen LogP) is 3.38. The lowest BCUT2D eigenvalue weighted by Crippen LogP contribution is -2.44. The topological polar surface area (TPSA) is 53.9 Å². The summed E-state index contributed by atoms with van der Waals surface area (Å²) >= 11 is 0. The fraction of sp³-hybridized carbons (Fsp3) is 0.353. The normalized spacial score (nSPS) is 16.1. The smallest absolute Gasteiger partial charge is 0.352 e. The number of piperazine rings is 1. The first-order chi connectivity index (χ1) is 13.2. The molecule has 1 fully saturated rings. The van der Waals surface area contributed by atoms with E-state index >= 15 is 0 Å². The number of rotatable bonds is 2. The molecule has 0 saturated carbocycles. The molecular formula is C17H13F6N5. The van der Waals surface area contributed by atoms with Gasteiger partial charge in [-0.05, 0) is 12.1 Å². The zero-order valence-corrected chi connectivity index (χ0v) is 14.2. The van der Waals surface area contributed by atoms with E-state index in [2.05, 4.69) is 20.3 Å². The van der Waals surface area contributed by atoms with Gasteiger partial charge >= 0.3 is 12.1 Å². The molecular weight excluding hydrogens is 388 g/mol. The summed E-state index contributed by atoms with van der Waals surface area (Å²) in [5, 5.41) is 3.11. The van der Waals surface area contributed by atoms with Crippen molar-refractivity contribution in [1.82, 2.24) is 20.3 Å². The third kappa shape index (κ3) is 2.89. The summed E-state index contributed by atoms with van der Waals surface area (Å²) in [6.45, 7) is 2.43. The van der Waals surface area contributed by atoms with E-state index in [1.54, 1.807) is 0 Å². The quantitative estimate of drug-likeness (QED) is 0.527. The minimum Gasteiger partial charge on any atom is -0.352 e. The van der Waals surface area contributed by atoms with Crippen LogP contribution in [0.25, 0.3) is 21.8 Å². The van der Waals surface area contributed by atoms with Crippen molar-refractivity contribution in [2.75, 3.05) is 31.1 Å². The number of nitrogens with one attached hydrogen (secondary N) is 1. The highest BCUT2D eigenvalue weighted by molar-refractivity contribution is 6.08. The number of aromatic nitrogens is 3. The van der Waals surface area contributed by atoms with Crippen molar-refractivity contribution in [3.05, 3.63) is 36.0 Å². The number of hydrogen-bond acceptors (Lipinski definition) is 5. The van der Waals surface area contributed by atoms with E-state index in [9.17, 15) is 26.3 Å². The van der Waals surface area contributed by atoms with Gasteiger partial charge in [0, 0.05) is 48.7 Å². The van der Waals surface area contributed by atoms with Crippen LogP contribution in [-0.2, 0) is 5.92 Å². The van der Waals surface area contributed by atoms with Crippen LogP contribution in [0, 0.1) is 5.82 Å². The summed E-state index contributed by atoms with van der Waals surface area (Å²) in [6.07, 6.45) is -3.38. The van der Waals surface area contributed by atoms with Gasteiger partial charge in [-0.1, -0.05) is 0 Å². The molecule has 148 valence electrons. The molecule has 0 spiro atoms. The van der Waals surface area contributed by atoms with Gasteiger partial charge in [-0.2, -0.15) is 22.0 Å². The summed E-state index contributed by atoms with van der Waals surface area (Å²) in [5.41, 5.74) is -1.54. The van der Waals surface area contributed by atoms with E-state index in [1.165, 1.54) is 12.5 Å². The second-order valence-corrected chi connectivity index (χ2v) is 6.38. The second kappa shape index (κ2) is 6.43. The van der Waals surface area contributed by atoms with Gasteiger partial charge in [0.05, 0.1) is 0 Å². The lowest BCUT2D eigenvalue weighted by molar-refractivity contribution is -0.289. The van der Waals surface area contributed by atoms with Crippen molar-refractivity contribution in [1.29, 1.82) is 0 Å². The van der Waals surface area contributed by atoms with E-state index in [4.69, 9.17) is 0 Å². The number of pyridine rings is 1. The molecule has 5 nitrogen and oxygen atoms in total. The monoisotopic (exact) mass is 401 g/mol. The fourth-order valence-electron chi connectivity index (χ4n) is 3.22. The SMILES string of the molecule is Fc1cc(C(F)(F)C(F)(F)F)cc2c1nc(N1CCNCC1)c1ncncc12. The molecule has 4 rings (SSSR count). The van der Waals surface area contributed by atoms with Crippen molar-refractivity contribution in [3.63, 3.8) is 0 Å². The first-order valence-corrected chi connectivity index (χ1v) is 8.34. The van der Waals surface area contributed by atoms with Gasteiger partial charge < -0.3 is 10.2 Å². The van der Waals surface area contributed by atoms with Crippen LogP contribution in [0.4, 0.5) is 32.2 Å². The molecule has 1 aromatic carbocycles. The van der Waals surface area contributed by atoms with Gasteiger partial charge in [0.1, 0.15) is 23.2 Å². The minimum atomic E-state index is -5.85. The number of fused-ring (bicyclic) bond motifs is 3. The van der Waals surface area contributed by atoms with Crippen LogP contribution in [0.1, 0.15) is 5.56 Å². The highest BCUT2D eigenvalue weighted by Gasteiger charge is 2.59. The zero-order chi connectivity index (χ0) is 20.1. The molecule has 28 heavy (non-hydrogen) atoms. The van der Waals surface area contributed by atoms with Crippen molar-refractivity contribution >= 4 is 27.6 Å². The highest BCUT2D eigenvalue weighted by Crippen LogP contribution is 2.45. The molecule has 1 aliphatic rings. The molecule has 0 aliphatic carbocycles. The van der Waals surface area contributed by atoms with E-state index in [0.29, 0.717) is 38.1 Å². The summed E-state index contributed by atoms with van der Waals surface area (Å²) in [7, 11) is 0. The Bertz CT molecular complexity index is 1050. The molecule has 1 saturated heterocycles. The standard InChI is InChI=1S/C17H13F6N5/c18-12-6-9(16(19,20)17(21,22)23)5-10-11-7-25-8-26-14(11)15(27-13(10)12)28-3-1-24-2-4-28/h5-8,24H,1-4H2. The first-order valence-electron chi connectivity index (χ1n) is 8.34. The van der Waals surface area contributed by atoms with Crippen LogP contribution in [0.5, 0.6) is 0 Å². The van der Waals surface area contributed by atoms with Crippen LogP contribution >= 0.6 is 0 Å². The molecule has 3 heterocycles. The summed E-state index contributed by atoms with van der Waals surface area (Å²) in [4.78, 5) is 14.0. The average Bonchev–Trinajstić information content (AvgIpc) is 2.67. The van der Waals surface area contributed by atoms with Gasteiger partial charge in [0.25, 0.3) is 0 Å². The molecule has 3 aromatic rings. The number of anilines is 1. The van der Waals surface area contributed by atoms with E-state index < -0.39 is 23.5 Å². The molecule has 1 aliphatic heterocycles. The average molecular weight is 401 g/mol. The van der Waals surface area contributed by atoms with Gasteiger partial charge in [-0.3, -0.25) is 0 Å². The number of nitrogens with zero attached hydrogens (tertiary/aromatic N) is 4. The summed E-state index contributed by atoms with van der Waals surface area (Å²) in [5.74, 6) is -6.14. The number of halogens is 6. The van der Waals surface area contributed by atoms with Crippen LogP contribution in [0.15, 0.2) is 24.7 Å². The summed E-state index contributed by atoms with van der Waals surface area (Å²) in [6, 6.07) is 0.784. The van der Waals surface area contributed by atoms with Crippen molar-refractivity contribution in [3.8, 4) is 0 Å². The Balaban J connectivity index is 2.00. The highest BCUT2D eigenvalue weighted by atomic mass is 19.4. The molecule has 0 atom stereocenters. The molecule has 0 radical (unpaired) electrons. The van der Waals surface area contributed by atoms with Crippen LogP contribution in [0.3, 0.4) is 0 Å². The summed E-state index contributed by atoms with van der Waals surface area (Å²) < 4.78 is 80.4. The van der Waals surface area contributed by atoms with Gasteiger partial charge in [-0.25, -0.2) is 19.3 Å². The molecule has 0 bridgehead atoms. The maximum absolute atomic E-state index is 14.6. The molecule has 0 unspecified atom stereocenters. The van der Waals surface area contributed by atoms with Crippen LogP contribution < -0.4 is 10.2 Å². The van der Waals surface area contributed by atoms with Gasteiger partial charge in [0.15, 0.2) is 5.82 Å². The van der Waals surface area contributed by atoms with Crippen molar-refractivity contribution in [2.24, 2.45) is 0 Å². The van der Waals surface area contributed by atoms with Crippen LogP contribution in [-0.4, -0.2) is 47.3 Å². The third-order valence-electron chi connectivity index (χ3n) is 4.63. The lowest BCUT2D eigenvalue weighted by atomic mass is 10.0. The molecule has 2 aromatic heterocycles. The maximum atomic E-state index is 14.6. The Morgan fingerprint density at radius 2 is 1.68 bits per heavy atom. The second-order valence-electron chi connectivity index (χ2n) is 6.38. The third-order valence-corrected chi connectivity index (χ3v) is 4.63. The predicted molar refractivity (Wildman–Crippen MR) is 89.8 cm³/mol. The molecule has 1 N–H and O–H groups in total. The maximum Gasteiger partial charge on any atom is 0.458 e. The Labute approximate surface area is 154 Å². The van der Waals surface area contributed by atoms with Gasteiger partial charge in [0.2, 0.25) is 0 Å². The van der Waals surface area contributed by atoms with E-state index in [1.807, 2.05) is 4.90 Å². The number of benzene rings is 1. The van der Waals surface area contributed by atoms with Crippen molar-refractivity contribution < 1.29 is 26.3 Å². The zero-order valence-electron chi connectivity index (χ0n) is 14.2. The number of alkyl halides is 5. The molecule has 0 amide bonds. The first kappa shape index (κ1) is 18.7. The van der Waals surface area contributed by atoms with Crippen molar-refractivity contribution in [2.45, 2.75) is 12.1 Å². The largest absolute Gasteiger partial charge is 0.458 e. The lowest BCUT2D eigenvalue weighted by Gasteiger charge is -2.29. The van der Waals surface area contributed by atoms with Gasteiger partial charge in [-0.15, -0.1) is 0 Å². The Hall–Kier alpha value is -2.69. The Morgan fingerprint density at radius 1 is 0.964 bits per heavy atom. The fourth-order valence-corrected chi connectivity index (χ4v) is 3.22. The van der Waals surface area contributed by atoms with Crippen LogP contribution in [0.2, 0.25) is 0 Å². The van der Waals surface area contributed by atoms with E-state index in [-0.39, 0.29) is 27.9 Å². The molecule has 11 heteroatoms.